The van der Waals surface area contributed by atoms with E-state index in [1.165, 1.54) is 31.9 Å². The van der Waals surface area contributed by atoms with E-state index >= 15 is 0 Å². The summed E-state index contributed by atoms with van der Waals surface area (Å²) in [6.07, 6.45) is 4.94. The Morgan fingerprint density at radius 1 is 1.29 bits per heavy atom. The summed E-state index contributed by atoms with van der Waals surface area (Å²) in [5.74, 6) is -0.157. The minimum absolute atomic E-state index is 0.120. The van der Waals surface area contributed by atoms with E-state index in [-0.39, 0.29) is 12.4 Å². The van der Waals surface area contributed by atoms with Crippen LogP contribution in [0.15, 0.2) is 24.3 Å². The summed E-state index contributed by atoms with van der Waals surface area (Å²) in [6.45, 7) is 3.38. The minimum atomic E-state index is -0.157. The number of piperidine rings is 1. The number of halogens is 1. The van der Waals surface area contributed by atoms with Crippen molar-refractivity contribution in [2.75, 3.05) is 33.3 Å². The van der Waals surface area contributed by atoms with Gasteiger partial charge in [0.05, 0.1) is 6.61 Å². The van der Waals surface area contributed by atoms with Crippen LogP contribution >= 0.6 is 0 Å². The molecule has 0 radical (unpaired) electrons. The fourth-order valence-corrected chi connectivity index (χ4v) is 3.12. The predicted molar refractivity (Wildman–Crippen MR) is 83.6 cm³/mol. The molecule has 4 heteroatoms. The van der Waals surface area contributed by atoms with Crippen LogP contribution in [-0.2, 0) is 6.54 Å². The van der Waals surface area contributed by atoms with E-state index in [1.54, 1.807) is 6.07 Å². The van der Waals surface area contributed by atoms with E-state index in [1.807, 2.05) is 12.1 Å². The van der Waals surface area contributed by atoms with Gasteiger partial charge in [-0.2, -0.15) is 0 Å². The van der Waals surface area contributed by atoms with E-state index in [2.05, 4.69) is 16.8 Å². The lowest BCUT2D eigenvalue weighted by Crippen LogP contribution is -2.39. The first kappa shape index (κ1) is 16.4. The van der Waals surface area contributed by atoms with Crippen molar-refractivity contribution in [3.63, 3.8) is 0 Å². The molecule has 3 nitrogen and oxygen atoms in total. The first-order valence-electron chi connectivity index (χ1n) is 7.97. The zero-order valence-electron chi connectivity index (χ0n) is 13.0. The fourth-order valence-electron chi connectivity index (χ4n) is 3.12. The Labute approximate surface area is 127 Å². The van der Waals surface area contributed by atoms with Crippen LogP contribution in [0.5, 0.6) is 0 Å². The van der Waals surface area contributed by atoms with Gasteiger partial charge in [0.15, 0.2) is 0 Å². The molecule has 1 N–H and O–H groups in total. The van der Waals surface area contributed by atoms with Crippen molar-refractivity contribution >= 4 is 0 Å². The fraction of sp³-hybridized carbons (Fsp3) is 0.647. The van der Waals surface area contributed by atoms with E-state index < -0.39 is 0 Å². The topological polar surface area (TPSA) is 26.7 Å². The Morgan fingerprint density at radius 3 is 2.81 bits per heavy atom. The van der Waals surface area contributed by atoms with E-state index in [0.717, 1.165) is 13.0 Å². The summed E-state index contributed by atoms with van der Waals surface area (Å²) in [5.41, 5.74) is 0.711. The van der Waals surface area contributed by atoms with Crippen molar-refractivity contribution in [1.29, 1.82) is 0 Å². The molecule has 1 heterocycles. The van der Waals surface area contributed by atoms with Crippen LogP contribution in [-0.4, -0.2) is 54.2 Å². The highest BCUT2D eigenvalue weighted by molar-refractivity contribution is 5.17. The normalized spacial score (nSPS) is 20.1. The van der Waals surface area contributed by atoms with Gasteiger partial charge >= 0.3 is 0 Å². The Hall–Kier alpha value is -0.970. The average molecular weight is 294 g/mol. The number of nitrogens with zero attached hydrogens (tertiary/aromatic N) is 2. The number of hydrogen-bond donors (Lipinski definition) is 1. The highest BCUT2D eigenvalue weighted by atomic mass is 19.1. The Kier molecular flexibility index (Phi) is 6.61. The second kappa shape index (κ2) is 8.47. The molecule has 118 valence electrons. The van der Waals surface area contributed by atoms with Gasteiger partial charge in [0.25, 0.3) is 0 Å². The SMILES string of the molecule is CN1CCCC[C@H]1CCN(CCO)Cc1ccccc1F. The molecule has 1 fully saturated rings. The summed E-state index contributed by atoms with van der Waals surface area (Å²) in [5, 5.41) is 9.23. The molecule has 1 aromatic rings. The number of aliphatic hydroxyl groups excluding tert-OH is 1. The zero-order valence-corrected chi connectivity index (χ0v) is 13.0. The Morgan fingerprint density at radius 2 is 2.10 bits per heavy atom. The average Bonchev–Trinajstić information content (AvgIpc) is 2.48. The van der Waals surface area contributed by atoms with Crippen molar-refractivity contribution < 1.29 is 9.50 Å². The highest BCUT2D eigenvalue weighted by Gasteiger charge is 2.19. The third-order valence-electron chi connectivity index (χ3n) is 4.47. The maximum absolute atomic E-state index is 13.7. The van der Waals surface area contributed by atoms with Crippen molar-refractivity contribution in [2.24, 2.45) is 0 Å². The molecule has 0 aliphatic carbocycles. The summed E-state index contributed by atoms with van der Waals surface area (Å²) >= 11 is 0. The molecule has 0 amide bonds. The molecular weight excluding hydrogens is 267 g/mol. The summed E-state index contributed by atoms with van der Waals surface area (Å²) in [4.78, 5) is 4.59. The number of aliphatic hydroxyl groups is 1. The van der Waals surface area contributed by atoms with Crippen molar-refractivity contribution in [3.05, 3.63) is 35.6 Å². The Balaban J connectivity index is 1.88. The van der Waals surface area contributed by atoms with Crippen LogP contribution in [0.4, 0.5) is 4.39 Å². The molecule has 1 saturated heterocycles. The zero-order chi connectivity index (χ0) is 15.1. The summed E-state index contributed by atoms with van der Waals surface area (Å²) in [7, 11) is 2.19. The third-order valence-corrected chi connectivity index (χ3v) is 4.47. The maximum Gasteiger partial charge on any atom is 0.127 e. The largest absolute Gasteiger partial charge is 0.395 e. The lowest BCUT2D eigenvalue weighted by Gasteiger charge is -2.34. The lowest BCUT2D eigenvalue weighted by atomic mass is 10.00. The van der Waals surface area contributed by atoms with E-state index in [0.29, 0.717) is 24.7 Å². The van der Waals surface area contributed by atoms with Gasteiger partial charge in [-0.1, -0.05) is 24.6 Å². The molecule has 0 unspecified atom stereocenters. The van der Waals surface area contributed by atoms with Crippen LogP contribution in [0.2, 0.25) is 0 Å². The monoisotopic (exact) mass is 294 g/mol. The van der Waals surface area contributed by atoms with Gasteiger partial charge in [-0.15, -0.1) is 0 Å². The number of hydrogen-bond acceptors (Lipinski definition) is 3. The minimum Gasteiger partial charge on any atom is -0.395 e. The molecule has 1 aliphatic heterocycles. The van der Waals surface area contributed by atoms with Crippen LogP contribution in [0.3, 0.4) is 0 Å². The van der Waals surface area contributed by atoms with Crippen LogP contribution < -0.4 is 0 Å². The van der Waals surface area contributed by atoms with E-state index in [4.69, 9.17) is 0 Å². The molecule has 0 aromatic heterocycles. The second-order valence-corrected chi connectivity index (χ2v) is 6.01. The first-order valence-corrected chi connectivity index (χ1v) is 7.97. The van der Waals surface area contributed by atoms with Crippen LogP contribution in [0.1, 0.15) is 31.2 Å². The summed E-state index contributed by atoms with van der Waals surface area (Å²) in [6, 6.07) is 7.53. The molecule has 1 atom stereocenters. The molecule has 1 aromatic carbocycles. The van der Waals surface area contributed by atoms with Crippen molar-refractivity contribution in [2.45, 2.75) is 38.3 Å². The van der Waals surface area contributed by atoms with Gasteiger partial charge < -0.3 is 10.0 Å². The van der Waals surface area contributed by atoms with Gasteiger partial charge in [0.2, 0.25) is 0 Å². The molecule has 2 rings (SSSR count). The highest BCUT2D eigenvalue weighted by Crippen LogP contribution is 2.19. The standard InChI is InChI=1S/C17H27FN2O/c1-19-10-5-4-7-16(19)9-11-20(12-13-21)14-15-6-2-3-8-17(15)18/h2-3,6,8,16,21H,4-5,7,9-14H2,1H3/t16-/m0/s1. The maximum atomic E-state index is 13.7. The number of rotatable bonds is 7. The first-order chi connectivity index (χ1) is 10.2. The third kappa shape index (κ3) is 5.06. The van der Waals surface area contributed by atoms with Gasteiger partial charge in [-0.05, 0) is 38.9 Å². The van der Waals surface area contributed by atoms with Gasteiger partial charge in [-0.3, -0.25) is 4.90 Å². The van der Waals surface area contributed by atoms with Crippen LogP contribution in [0.25, 0.3) is 0 Å². The Bertz CT molecular complexity index is 427. The lowest BCUT2D eigenvalue weighted by molar-refractivity contribution is 0.138. The molecule has 0 saturated carbocycles. The van der Waals surface area contributed by atoms with Crippen molar-refractivity contribution in [3.8, 4) is 0 Å². The second-order valence-electron chi connectivity index (χ2n) is 6.01. The molecule has 1 aliphatic rings. The molecule has 0 bridgehead atoms. The predicted octanol–water partition coefficient (Wildman–Crippen LogP) is 2.49. The smallest absolute Gasteiger partial charge is 0.127 e. The van der Waals surface area contributed by atoms with Gasteiger partial charge in [0.1, 0.15) is 5.82 Å². The van der Waals surface area contributed by atoms with Crippen molar-refractivity contribution in [1.82, 2.24) is 9.80 Å². The number of benzene rings is 1. The quantitative estimate of drug-likeness (QED) is 0.837. The summed E-state index contributed by atoms with van der Waals surface area (Å²) < 4.78 is 13.7. The molecule has 21 heavy (non-hydrogen) atoms. The molecular formula is C17H27FN2O. The van der Waals surface area contributed by atoms with Gasteiger partial charge in [-0.25, -0.2) is 4.39 Å². The number of likely N-dealkylation sites (tertiary alicyclic amines) is 1. The van der Waals surface area contributed by atoms with Crippen LogP contribution in [0, 0.1) is 5.82 Å². The van der Waals surface area contributed by atoms with Gasteiger partial charge in [0, 0.05) is 31.2 Å². The van der Waals surface area contributed by atoms with E-state index in [9.17, 15) is 9.50 Å². The molecule has 0 spiro atoms.